The lowest BCUT2D eigenvalue weighted by molar-refractivity contribution is 0.405. The normalized spacial score (nSPS) is 14.3. The summed E-state index contributed by atoms with van der Waals surface area (Å²) in [7, 11) is -6.91. The molecule has 0 aliphatic carbocycles. The van der Waals surface area contributed by atoms with Crippen LogP contribution >= 0.6 is 11.6 Å². The van der Waals surface area contributed by atoms with Crippen LogP contribution in [0.4, 0.5) is 5.69 Å². The van der Waals surface area contributed by atoms with Gasteiger partial charge in [-0.05, 0) is 58.9 Å². The van der Waals surface area contributed by atoms with Gasteiger partial charge in [0.15, 0.2) is 0 Å². The third kappa shape index (κ3) is 5.63. The largest absolute Gasteiger partial charge is 0.270 e. The molecule has 4 rings (SSSR count). The highest BCUT2D eigenvalue weighted by atomic mass is 35.5. The Balaban J connectivity index is 1.76. The quantitative estimate of drug-likeness (QED) is 0.455. The molecular formula is C25H27ClN2O4S2. The highest BCUT2D eigenvalue weighted by molar-refractivity contribution is 7.92. The average molecular weight is 519 g/mol. The maximum atomic E-state index is 12.6. The molecule has 6 nitrogen and oxygen atoms in total. The number of sulfonamides is 2. The molecule has 1 heterocycles. The maximum absolute atomic E-state index is 12.6. The molecule has 1 aliphatic rings. The molecule has 3 aromatic rings. The Hall–Kier alpha value is -2.39. The lowest BCUT2D eigenvalue weighted by atomic mass is 9.95. The number of halogens is 1. The number of rotatable bonds is 7. The summed E-state index contributed by atoms with van der Waals surface area (Å²) in [4.78, 5) is 0. The van der Waals surface area contributed by atoms with E-state index < -0.39 is 20.0 Å². The Morgan fingerprint density at radius 1 is 0.912 bits per heavy atom. The molecular weight excluding hydrogens is 492 g/mol. The third-order valence-electron chi connectivity index (χ3n) is 5.96. The lowest BCUT2D eigenvalue weighted by Gasteiger charge is -2.30. The molecule has 0 saturated heterocycles. The lowest BCUT2D eigenvalue weighted by Crippen LogP contribution is -2.34. The van der Waals surface area contributed by atoms with Crippen LogP contribution in [0, 0.1) is 0 Å². The zero-order valence-corrected chi connectivity index (χ0v) is 21.5. The summed E-state index contributed by atoms with van der Waals surface area (Å²) in [5.74, 6) is 0. The van der Waals surface area contributed by atoms with Crippen LogP contribution in [0.2, 0.25) is 5.02 Å². The number of fused-ring (bicyclic) bond motifs is 1. The van der Waals surface area contributed by atoms with Crippen molar-refractivity contribution in [3.05, 3.63) is 88.4 Å². The van der Waals surface area contributed by atoms with Crippen molar-refractivity contribution in [3.63, 3.8) is 0 Å². The predicted octanol–water partition coefficient (Wildman–Crippen LogP) is 4.68. The molecule has 0 fully saturated rings. The van der Waals surface area contributed by atoms with E-state index >= 15 is 0 Å². The van der Waals surface area contributed by atoms with E-state index in [2.05, 4.69) is 0 Å². The van der Waals surface area contributed by atoms with E-state index in [0.29, 0.717) is 17.3 Å². The summed E-state index contributed by atoms with van der Waals surface area (Å²) in [6.45, 7) is 0.845. The number of hydrogen-bond donors (Lipinski definition) is 0. The molecule has 0 radical (unpaired) electrons. The van der Waals surface area contributed by atoms with E-state index in [-0.39, 0.29) is 13.1 Å². The number of nitrogens with zero attached hydrogens (tertiary/aromatic N) is 2. The van der Waals surface area contributed by atoms with Crippen LogP contribution in [0.5, 0.6) is 0 Å². The Bertz CT molecular complexity index is 1410. The Kier molecular flexibility index (Phi) is 7.05. The second-order valence-corrected chi connectivity index (χ2v) is 12.9. The van der Waals surface area contributed by atoms with Gasteiger partial charge >= 0.3 is 0 Å². The van der Waals surface area contributed by atoms with Gasteiger partial charge in [-0.15, -0.1) is 0 Å². The van der Waals surface area contributed by atoms with Gasteiger partial charge in [0.05, 0.1) is 18.2 Å². The third-order valence-corrected chi connectivity index (χ3v) is 8.57. The van der Waals surface area contributed by atoms with Gasteiger partial charge in [0, 0.05) is 24.7 Å². The standard InChI is InChI=1S/C25H27ClN2O4S2/c1-33(29,30)27(17-19-7-4-3-5-8-19)18-22-12-13-23(26)16-24(22)21-11-10-20-9-6-14-28(25(20)15-21)34(2,31)32/h3-5,7-8,10-13,15-16H,6,9,14,17-18H2,1-2H3. The number of anilines is 1. The molecule has 3 aromatic carbocycles. The Labute approximate surface area is 206 Å². The number of hydrogen-bond acceptors (Lipinski definition) is 4. The minimum atomic E-state index is -3.50. The van der Waals surface area contributed by atoms with E-state index in [0.717, 1.165) is 40.7 Å². The summed E-state index contributed by atoms with van der Waals surface area (Å²) in [6, 6.07) is 20.6. The molecule has 0 bridgehead atoms. The fraction of sp³-hybridized carbons (Fsp3) is 0.280. The van der Waals surface area contributed by atoms with Gasteiger partial charge in [-0.2, -0.15) is 4.31 Å². The van der Waals surface area contributed by atoms with E-state index in [1.807, 2.05) is 54.6 Å². The fourth-order valence-corrected chi connectivity index (χ4v) is 6.19. The highest BCUT2D eigenvalue weighted by Crippen LogP contribution is 2.36. The molecule has 0 atom stereocenters. The van der Waals surface area contributed by atoms with E-state index in [1.54, 1.807) is 12.1 Å². The van der Waals surface area contributed by atoms with Crippen molar-refractivity contribution in [2.75, 3.05) is 23.4 Å². The summed E-state index contributed by atoms with van der Waals surface area (Å²) >= 11 is 6.33. The van der Waals surface area contributed by atoms with Gasteiger partial charge in [-0.25, -0.2) is 16.8 Å². The number of aryl methyl sites for hydroxylation is 1. The van der Waals surface area contributed by atoms with Crippen LogP contribution in [-0.2, 0) is 39.6 Å². The van der Waals surface area contributed by atoms with Crippen molar-refractivity contribution in [2.45, 2.75) is 25.9 Å². The molecule has 0 aromatic heterocycles. The zero-order valence-electron chi connectivity index (χ0n) is 19.1. The van der Waals surface area contributed by atoms with Crippen molar-refractivity contribution in [3.8, 4) is 11.1 Å². The first-order chi connectivity index (χ1) is 16.0. The first-order valence-corrected chi connectivity index (χ1v) is 15.0. The first-order valence-electron chi connectivity index (χ1n) is 10.9. The van der Waals surface area contributed by atoms with Gasteiger partial charge in [-0.1, -0.05) is 60.1 Å². The van der Waals surface area contributed by atoms with Crippen LogP contribution in [0.25, 0.3) is 11.1 Å². The molecule has 0 amide bonds. The van der Waals surface area contributed by atoms with Gasteiger partial charge in [0.2, 0.25) is 20.0 Å². The van der Waals surface area contributed by atoms with Crippen LogP contribution in [-0.4, -0.2) is 40.2 Å². The predicted molar refractivity (Wildman–Crippen MR) is 138 cm³/mol. The SMILES string of the molecule is CS(=O)(=O)N(Cc1ccccc1)Cc1ccc(Cl)cc1-c1ccc2c(c1)N(S(C)(=O)=O)CCC2. The van der Waals surface area contributed by atoms with E-state index in [4.69, 9.17) is 11.6 Å². The molecule has 9 heteroatoms. The van der Waals surface area contributed by atoms with Gasteiger partial charge < -0.3 is 0 Å². The van der Waals surface area contributed by atoms with E-state index in [9.17, 15) is 16.8 Å². The smallest absolute Gasteiger partial charge is 0.232 e. The summed E-state index contributed by atoms with van der Waals surface area (Å²) in [5.41, 5.74) is 4.89. The summed E-state index contributed by atoms with van der Waals surface area (Å²) in [5, 5.41) is 0.519. The highest BCUT2D eigenvalue weighted by Gasteiger charge is 2.25. The topological polar surface area (TPSA) is 74.8 Å². The summed E-state index contributed by atoms with van der Waals surface area (Å²) in [6.07, 6.45) is 4.00. The second-order valence-electron chi connectivity index (χ2n) is 8.60. The van der Waals surface area contributed by atoms with Crippen molar-refractivity contribution >= 4 is 37.3 Å². The molecule has 0 spiro atoms. The zero-order chi connectivity index (χ0) is 24.5. The van der Waals surface area contributed by atoms with E-state index in [1.165, 1.54) is 21.1 Å². The Morgan fingerprint density at radius 2 is 1.65 bits per heavy atom. The van der Waals surface area contributed by atoms with Crippen LogP contribution in [0.3, 0.4) is 0 Å². The molecule has 34 heavy (non-hydrogen) atoms. The van der Waals surface area contributed by atoms with Crippen molar-refractivity contribution in [1.29, 1.82) is 0 Å². The number of benzene rings is 3. The molecule has 1 aliphatic heterocycles. The van der Waals surface area contributed by atoms with Crippen molar-refractivity contribution in [2.24, 2.45) is 0 Å². The minimum Gasteiger partial charge on any atom is -0.270 e. The first kappa shape index (κ1) is 24.7. The Morgan fingerprint density at radius 3 is 2.32 bits per heavy atom. The molecule has 0 saturated carbocycles. The minimum absolute atomic E-state index is 0.160. The maximum Gasteiger partial charge on any atom is 0.232 e. The summed E-state index contributed by atoms with van der Waals surface area (Å²) < 4.78 is 52.9. The molecule has 0 unspecified atom stereocenters. The second kappa shape index (κ2) is 9.70. The monoisotopic (exact) mass is 518 g/mol. The van der Waals surface area contributed by atoms with Gasteiger partial charge in [0.25, 0.3) is 0 Å². The van der Waals surface area contributed by atoms with Crippen LogP contribution < -0.4 is 4.31 Å². The van der Waals surface area contributed by atoms with Crippen LogP contribution in [0.1, 0.15) is 23.1 Å². The van der Waals surface area contributed by atoms with Gasteiger partial charge in [0.1, 0.15) is 0 Å². The fourth-order valence-electron chi connectivity index (χ4n) is 4.28. The van der Waals surface area contributed by atoms with Crippen molar-refractivity contribution in [1.82, 2.24) is 4.31 Å². The van der Waals surface area contributed by atoms with Crippen LogP contribution in [0.15, 0.2) is 66.7 Å². The average Bonchev–Trinajstić information content (AvgIpc) is 2.78. The van der Waals surface area contributed by atoms with Crippen molar-refractivity contribution < 1.29 is 16.8 Å². The molecule has 180 valence electrons. The molecule has 0 N–H and O–H groups in total. The van der Waals surface area contributed by atoms with Gasteiger partial charge in [-0.3, -0.25) is 4.31 Å².